The van der Waals surface area contributed by atoms with Crippen molar-refractivity contribution in [3.8, 4) is 0 Å². The van der Waals surface area contributed by atoms with E-state index in [-0.39, 0.29) is 12.6 Å². The molecule has 0 radical (unpaired) electrons. The van der Waals surface area contributed by atoms with Gasteiger partial charge in [-0.2, -0.15) is 0 Å². The van der Waals surface area contributed by atoms with Crippen LogP contribution in [0.2, 0.25) is 0 Å². The molecule has 1 unspecified atom stereocenters. The molecule has 0 aliphatic carbocycles. The van der Waals surface area contributed by atoms with Gasteiger partial charge in [0.25, 0.3) is 0 Å². The van der Waals surface area contributed by atoms with Gasteiger partial charge in [-0.25, -0.2) is 4.98 Å². The molecular weight excluding hydrogens is 218 g/mol. The molecule has 17 heavy (non-hydrogen) atoms. The number of nitrogens with zero attached hydrogens (tertiary/aromatic N) is 2. The summed E-state index contributed by atoms with van der Waals surface area (Å²) >= 11 is 0. The van der Waals surface area contributed by atoms with E-state index >= 15 is 0 Å². The van der Waals surface area contributed by atoms with E-state index in [0.29, 0.717) is 5.82 Å². The van der Waals surface area contributed by atoms with Gasteiger partial charge >= 0.3 is 0 Å². The van der Waals surface area contributed by atoms with E-state index < -0.39 is 12.0 Å². The molecular formula is C12H19N3O2. The van der Waals surface area contributed by atoms with Crippen LogP contribution in [-0.2, 0) is 4.79 Å². The number of amides is 1. The molecule has 0 saturated heterocycles. The lowest BCUT2D eigenvalue weighted by Gasteiger charge is -2.26. The smallest absolute Gasteiger partial charge is 0.237 e. The average Bonchev–Trinajstić information content (AvgIpc) is 2.25. The summed E-state index contributed by atoms with van der Waals surface area (Å²) in [6.45, 7) is 5.72. The van der Waals surface area contributed by atoms with Crippen molar-refractivity contribution >= 4 is 11.7 Å². The van der Waals surface area contributed by atoms with Gasteiger partial charge in [-0.05, 0) is 38.5 Å². The van der Waals surface area contributed by atoms with Gasteiger partial charge < -0.3 is 15.7 Å². The lowest BCUT2D eigenvalue weighted by atomic mass is 10.1. The maximum atomic E-state index is 11.0. The number of aliphatic hydroxyl groups excluding tert-OH is 1. The highest BCUT2D eigenvalue weighted by molar-refractivity contribution is 5.79. The molecule has 5 heteroatoms. The number of pyridine rings is 1. The number of rotatable bonds is 5. The van der Waals surface area contributed by atoms with Gasteiger partial charge in [-0.3, -0.25) is 4.79 Å². The van der Waals surface area contributed by atoms with Crippen LogP contribution in [0.5, 0.6) is 0 Å². The molecule has 1 aromatic heterocycles. The van der Waals surface area contributed by atoms with Gasteiger partial charge in [0.2, 0.25) is 5.91 Å². The average molecular weight is 237 g/mol. The summed E-state index contributed by atoms with van der Waals surface area (Å²) in [6.07, 6.45) is 1.06. The van der Waals surface area contributed by atoms with Crippen molar-refractivity contribution in [1.29, 1.82) is 0 Å². The molecule has 1 rings (SSSR count). The second-order valence-corrected chi connectivity index (χ2v) is 4.31. The first-order valence-corrected chi connectivity index (χ1v) is 5.60. The van der Waals surface area contributed by atoms with Gasteiger partial charge in [-0.15, -0.1) is 0 Å². The SMILES string of the molecule is CC(O)c1ccnc(N(CC(N)=O)C(C)C)c1. The summed E-state index contributed by atoms with van der Waals surface area (Å²) in [7, 11) is 0. The number of hydrogen-bond acceptors (Lipinski definition) is 4. The third-order valence-corrected chi connectivity index (χ3v) is 2.50. The summed E-state index contributed by atoms with van der Waals surface area (Å²) < 4.78 is 0. The van der Waals surface area contributed by atoms with E-state index in [1.165, 1.54) is 0 Å². The van der Waals surface area contributed by atoms with Crippen LogP contribution < -0.4 is 10.6 Å². The van der Waals surface area contributed by atoms with E-state index in [4.69, 9.17) is 5.73 Å². The number of hydrogen-bond donors (Lipinski definition) is 2. The topological polar surface area (TPSA) is 79.5 Å². The Morgan fingerprint density at radius 2 is 2.18 bits per heavy atom. The van der Waals surface area contributed by atoms with Crippen molar-refractivity contribution in [1.82, 2.24) is 4.98 Å². The molecule has 1 atom stereocenters. The van der Waals surface area contributed by atoms with Crippen LogP contribution in [0.25, 0.3) is 0 Å². The predicted molar refractivity (Wildman–Crippen MR) is 66.5 cm³/mol. The third-order valence-electron chi connectivity index (χ3n) is 2.50. The fourth-order valence-corrected chi connectivity index (χ4v) is 1.55. The minimum atomic E-state index is -0.556. The Balaban J connectivity index is 3.01. The van der Waals surface area contributed by atoms with E-state index in [9.17, 15) is 9.90 Å². The summed E-state index contributed by atoms with van der Waals surface area (Å²) in [4.78, 5) is 17.0. The first-order valence-electron chi connectivity index (χ1n) is 5.60. The summed E-state index contributed by atoms with van der Waals surface area (Å²) in [6, 6.07) is 3.63. The normalized spacial score (nSPS) is 12.5. The van der Waals surface area contributed by atoms with Crippen molar-refractivity contribution in [2.75, 3.05) is 11.4 Å². The lowest BCUT2D eigenvalue weighted by molar-refractivity contribution is -0.116. The molecule has 0 aromatic carbocycles. The van der Waals surface area contributed by atoms with Crippen molar-refractivity contribution < 1.29 is 9.90 Å². The zero-order valence-corrected chi connectivity index (χ0v) is 10.4. The summed E-state index contributed by atoms with van der Waals surface area (Å²) in [5.41, 5.74) is 5.98. The monoisotopic (exact) mass is 237 g/mol. The lowest BCUT2D eigenvalue weighted by Crippen LogP contribution is -2.39. The molecule has 1 amide bonds. The summed E-state index contributed by atoms with van der Waals surface area (Å²) in [5, 5.41) is 9.51. The molecule has 0 saturated carbocycles. The molecule has 0 aliphatic rings. The van der Waals surface area contributed by atoms with Crippen LogP contribution in [0.15, 0.2) is 18.3 Å². The number of nitrogens with two attached hydrogens (primary N) is 1. The summed E-state index contributed by atoms with van der Waals surface area (Å²) in [5.74, 6) is 0.250. The number of carbonyl (C=O) groups is 1. The van der Waals surface area contributed by atoms with Crippen LogP contribution in [0.1, 0.15) is 32.4 Å². The molecule has 0 spiro atoms. The zero-order valence-electron chi connectivity index (χ0n) is 10.4. The number of aromatic nitrogens is 1. The fraction of sp³-hybridized carbons (Fsp3) is 0.500. The van der Waals surface area contributed by atoms with Gasteiger partial charge in [0.15, 0.2) is 0 Å². The molecule has 5 nitrogen and oxygen atoms in total. The van der Waals surface area contributed by atoms with E-state index in [0.717, 1.165) is 5.56 Å². The number of aliphatic hydroxyl groups is 1. The Morgan fingerprint density at radius 1 is 1.53 bits per heavy atom. The van der Waals surface area contributed by atoms with Crippen molar-refractivity contribution in [2.45, 2.75) is 32.9 Å². The largest absolute Gasteiger partial charge is 0.389 e. The van der Waals surface area contributed by atoms with Crippen LogP contribution in [0, 0.1) is 0 Å². The first kappa shape index (κ1) is 13.4. The van der Waals surface area contributed by atoms with E-state index in [2.05, 4.69) is 4.98 Å². The van der Waals surface area contributed by atoms with Gasteiger partial charge in [-0.1, -0.05) is 0 Å². The molecule has 1 heterocycles. The van der Waals surface area contributed by atoms with E-state index in [1.54, 1.807) is 30.2 Å². The highest BCUT2D eigenvalue weighted by atomic mass is 16.3. The van der Waals surface area contributed by atoms with Crippen LogP contribution >= 0.6 is 0 Å². The number of anilines is 1. The predicted octanol–water partition coefficient (Wildman–Crippen LogP) is 0.835. The first-order chi connectivity index (χ1) is 7.91. The molecule has 0 fully saturated rings. The maximum Gasteiger partial charge on any atom is 0.237 e. The van der Waals surface area contributed by atoms with Crippen molar-refractivity contribution in [3.63, 3.8) is 0 Å². The molecule has 0 aliphatic heterocycles. The Bertz CT molecular complexity index is 391. The van der Waals surface area contributed by atoms with Gasteiger partial charge in [0.05, 0.1) is 12.6 Å². The van der Waals surface area contributed by atoms with Crippen LogP contribution in [0.4, 0.5) is 5.82 Å². The third kappa shape index (κ3) is 3.71. The quantitative estimate of drug-likeness (QED) is 0.795. The van der Waals surface area contributed by atoms with E-state index in [1.807, 2.05) is 13.8 Å². The van der Waals surface area contributed by atoms with Crippen molar-refractivity contribution in [3.05, 3.63) is 23.9 Å². The van der Waals surface area contributed by atoms with Gasteiger partial charge in [0.1, 0.15) is 5.82 Å². The van der Waals surface area contributed by atoms with Gasteiger partial charge in [0, 0.05) is 12.2 Å². The zero-order chi connectivity index (χ0) is 13.0. The Kier molecular flexibility index (Phi) is 4.45. The highest BCUT2D eigenvalue weighted by Crippen LogP contribution is 2.19. The Morgan fingerprint density at radius 3 is 2.65 bits per heavy atom. The van der Waals surface area contributed by atoms with Crippen molar-refractivity contribution in [2.24, 2.45) is 5.73 Å². The minimum absolute atomic E-state index is 0.110. The molecule has 0 bridgehead atoms. The molecule has 94 valence electrons. The Hall–Kier alpha value is -1.62. The Labute approximate surface area is 101 Å². The van der Waals surface area contributed by atoms with Crippen LogP contribution in [-0.4, -0.2) is 28.6 Å². The second-order valence-electron chi connectivity index (χ2n) is 4.31. The van der Waals surface area contributed by atoms with Crippen LogP contribution in [0.3, 0.4) is 0 Å². The second kappa shape index (κ2) is 5.63. The molecule has 1 aromatic rings. The number of carbonyl (C=O) groups excluding carboxylic acids is 1. The standard InChI is InChI=1S/C12H19N3O2/c1-8(2)15(7-11(13)17)12-6-10(9(3)16)4-5-14-12/h4-6,8-9,16H,7H2,1-3H3,(H2,13,17). The molecule has 3 N–H and O–H groups in total. The maximum absolute atomic E-state index is 11.0. The minimum Gasteiger partial charge on any atom is -0.389 e. The number of primary amides is 1. The highest BCUT2D eigenvalue weighted by Gasteiger charge is 2.15. The fourth-order valence-electron chi connectivity index (χ4n) is 1.55.